The van der Waals surface area contributed by atoms with E-state index in [9.17, 15) is 9.90 Å². The third-order valence-corrected chi connectivity index (χ3v) is 6.26. The Balaban J connectivity index is 1.48. The topological polar surface area (TPSA) is 92.0 Å². The number of carbonyl (C=O) groups is 1. The maximum atomic E-state index is 12.9. The van der Waals surface area contributed by atoms with Crippen molar-refractivity contribution in [3.63, 3.8) is 0 Å². The van der Waals surface area contributed by atoms with Gasteiger partial charge in [0.1, 0.15) is 12.8 Å². The van der Waals surface area contributed by atoms with E-state index in [1.807, 2.05) is 72.1 Å². The van der Waals surface area contributed by atoms with Crippen molar-refractivity contribution in [3.05, 3.63) is 106 Å². The van der Waals surface area contributed by atoms with Gasteiger partial charge in [-0.25, -0.2) is 0 Å². The highest BCUT2D eigenvalue weighted by molar-refractivity contribution is 6.23. The summed E-state index contributed by atoms with van der Waals surface area (Å²) < 4.78 is 1.92. The zero-order valence-corrected chi connectivity index (χ0v) is 18.6. The van der Waals surface area contributed by atoms with E-state index in [-0.39, 0.29) is 22.7 Å². The number of pyridine rings is 1. The fraction of sp³-hybridized carbons (Fsp3) is 0.0714. The fourth-order valence-corrected chi connectivity index (χ4v) is 4.27. The Morgan fingerprint density at radius 1 is 0.971 bits per heavy atom. The van der Waals surface area contributed by atoms with E-state index in [0.717, 1.165) is 33.5 Å². The summed E-state index contributed by atoms with van der Waals surface area (Å²) in [5.74, 6) is -0.262. The number of aromatic nitrogens is 1. The average molecular weight is 443 g/mol. The van der Waals surface area contributed by atoms with Gasteiger partial charge in [0.25, 0.3) is 0 Å². The van der Waals surface area contributed by atoms with Crippen molar-refractivity contribution < 1.29 is 14.5 Å². The van der Waals surface area contributed by atoms with Crippen LogP contribution in [0.25, 0.3) is 23.1 Å². The van der Waals surface area contributed by atoms with Gasteiger partial charge in [-0.15, -0.1) is 0 Å². The van der Waals surface area contributed by atoms with Gasteiger partial charge in [-0.3, -0.25) is 4.79 Å². The first-order valence-corrected chi connectivity index (χ1v) is 10.6. The molecule has 0 spiro atoms. The molecule has 5 rings (SSSR count). The van der Waals surface area contributed by atoms with E-state index in [1.165, 1.54) is 0 Å². The van der Waals surface area contributed by atoms with Gasteiger partial charge in [0.2, 0.25) is 17.0 Å². The highest BCUT2D eigenvalue weighted by Crippen LogP contribution is 2.35. The number of ketones is 1. The van der Waals surface area contributed by atoms with Crippen LogP contribution in [0.1, 0.15) is 22.4 Å². The van der Waals surface area contributed by atoms with Crippen LogP contribution in [-0.2, 0) is 11.8 Å². The van der Waals surface area contributed by atoms with Gasteiger partial charge in [-0.05, 0) is 54.1 Å². The minimum Gasteiger partial charge on any atom is -0.506 e. The number of benzene rings is 2. The van der Waals surface area contributed by atoms with Gasteiger partial charge in [-0.2, -0.15) is 15.1 Å². The van der Waals surface area contributed by atoms with E-state index in [2.05, 4.69) is 12.1 Å². The van der Waals surface area contributed by atoms with E-state index >= 15 is 0 Å². The number of carbonyl (C=O) groups excluding carboxylic acids is 1. The Kier molecular flexibility index (Phi) is 4.85. The van der Waals surface area contributed by atoms with Crippen molar-refractivity contribution in [2.45, 2.75) is 0 Å². The van der Waals surface area contributed by atoms with Crippen LogP contribution >= 0.6 is 0 Å². The highest BCUT2D eigenvalue weighted by Gasteiger charge is 2.34. The number of aliphatic hydroxyl groups excluding tert-OH is 1. The summed E-state index contributed by atoms with van der Waals surface area (Å²) in [6, 6.07) is 18.9. The summed E-state index contributed by atoms with van der Waals surface area (Å²) in [5, 5.41) is 29.8. The summed E-state index contributed by atoms with van der Waals surface area (Å²) in [5.41, 5.74) is 5.96. The molecule has 1 N–H and O–H groups in total. The maximum Gasteiger partial charge on any atom is 0.212 e. The normalized spacial score (nSPS) is 17.1. The summed E-state index contributed by atoms with van der Waals surface area (Å²) in [7, 11) is 3.76. The standard InChI is InChI=1S/C28H18N4O2/c1-31-21(7-5-19-11-17(15-29)3-9-25(19)31)13-23-27(33)24(28(23)34)14-22-8-6-20-12-18(16-30)4-10-26(20)32(22)2/h3-14H,1-2H3/p+1. The van der Waals surface area contributed by atoms with Crippen LogP contribution in [0.4, 0.5) is 5.69 Å². The third-order valence-electron chi connectivity index (χ3n) is 6.26. The lowest BCUT2D eigenvalue weighted by atomic mass is 9.86. The van der Waals surface area contributed by atoms with E-state index in [0.29, 0.717) is 11.1 Å². The molecule has 2 heterocycles. The Morgan fingerprint density at radius 3 is 2.44 bits per heavy atom. The molecule has 1 aliphatic carbocycles. The van der Waals surface area contributed by atoms with Crippen molar-refractivity contribution in [1.29, 1.82) is 10.5 Å². The number of Topliss-reactive ketones (excluding diaryl/α,β-unsaturated/α-hetero) is 1. The predicted molar refractivity (Wildman–Crippen MR) is 129 cm³/mol. The molecule has 0 amide bonds. The number of nitrogens with zero attached hydrogens (tertiary/aromatic N) is 4. The molecule has 0 radical (unpaired) electrons. The molecule has 0 atom stereocenters. The molecule has 0 fully saturated rings. The largest absolute Gasteiger partial charge is 0.506 e. The first kappa shape index (κ1) is 20.9. The van der Waals surface area contributed by atoms with Crippen molar-refractivity contribution in [1.82, 2.24) is 0 Å². The van der Waals surface area contributed by atoms with Gasteiger partial charge >= 0.3 is 0 Å². The van der Waals surface area contributed by atoms with E-state index in [1.54, 1.807) is 24.3 Å². The summed E-state index contributed by atoms with van der Waals surface area (Å²) in [6.07, 6.45) is 7.11. The molecule has 0 saturated carbocycles. The number of allylic oxidation sites excluding steroid dienone is 4. The molecule has 6 heteroatoms. The van der Waals surface area contributed by atoms with Gasteiger partial charge < -0.3 is 10.0 Å². The minimum atomic E-state index is -0.225. The molecular formula is C28H19N4O2+. The van der Waals surface area contributed by atoms with Crippen molar-refractivity contribution in [2.75, 3.05) is 11.9 Å². The summed E-state index contributed by atoms with van der Waals surface area (Å²) in [4.78, 5) is 14.8. The Bertz CT molecular complexity index is 1620. The van der Waals surface area contributed by atoms with Gasteiger partial charge in [0.15, 0.2) is 0 Å². The molecule has 0 bridgehead atoms. The van der Waals surface area contributed by atoms with E-state index < -0.39 is 0 Å². The molecule has 2 aliphatic rings. The second-order valence-corrected chi connectivity index (χ2v) is 8.20. The molecule has 1 aromatic heterocycles. The van der Waals surface area contributed by atoms with Crippen LogP contribution in [0.3, 0.4) is 0 Å². The molecule has 2 aromatic carbocycles. The molecular weight excluding hydrogens is 424 g/mol. The summed E-state index contributed by atoms with van der Waals surface area (Å²) >= 11 is 0. The van der Waals surface area contributed by atoms with Crippen molar-refractivity contribution >= 4 is 34.5 Å². The molecule has 0 unspecified atom stereocenters. The fourth-order valence-electron chi connectivity index (χ4n) is 4.27. The van der Waals surface area contributed by atoms with Crippen molar-refractivity contribution in [3.8, 4) is 12.1 Å². The maximum absolute atomic E-state index is 12.9. The number of nitriles is 2. The van der Waals surface area contributed by atoms with Crippen LogP contribution in [0, 0.1) is 22.7 Å². The summed E-state index contributed by atoms with van der Waals surface area (Å²) in [6.45, 7) is 0. The minimum absolute atomic E-state index is 0.0372. The number of anilines is 1. The number of aliphatic hydroxyl groups is 1. The lowest BCUT2D eigenvalue weighted by Gasteiger charge is -2.28. The van der Waals surface area contributed by atoms with Crippen LogP contribution in [0.2, 0.25) is 0 Å². The molecule has 162 valence electrons. The number of fused-ring (bicyclic) bond motifs is 2. The van der Waals surface area contributed by atoms with Gasteiger partial charge in [0.05, 0.1) is 34.4 Å². The van der Waals surface area contributed by atoms with Crippen LogP contribution < -0.4 is 9.47 Å². The Hall–Kier alpha value is -4.94. The number of likely N-dealkylation sites (N-methyl/N-ethyl adjacent to an activating group) is 1. The second-order valence-electron chi connectivity index (χ2n) is 8.20. The second kappa shape index (κ2) is 7.88. The first-order valence-electron chi connectivity index (χ1n) is 10.6. The molecule has 6 nitrogen and oxygen atoms in total. The quantitative estimate of drug-likeness (QED) is 0.473. The zero-order valence-electron chi connectivity index (χ0n) is 18.6. The first-order chi connectivity index (χ1) is 16.4. The molecule has 1 aliphatic heterocycles. The van der Waals surface area contributed by atoms with Crippen LogP contribution in [-0.4, -0.2) is 17.9 Å². The molecule has 3 aromatic rings. The monoisotopic (exact) mass is 443 g/mol. The van der Waals surface area contributed by atoms with Gasteiger partial charge in [-0.1, -0.05) is 6.08 Å². The number of hydrogen-bond acceptors (Lipinski definition) is 5. The Morgan fingerprint density at radius 2 is 1.71 bits per heavy atom. The van der Waals surface area contributed by atoms with Crippen LogP contribution in [0.15, 0.2) is 83.3 Å². The SMILES string of the molecule is CN1/C(=C/C2=C(O)C(=C/c3ccc4cc(C#N)ccc4[n+]3C)/C2=O)C=Cc2cc(C#N)ccc21. The highest BCUT2D eigenvalue weighted by atomic mass is 16.3. The van der Waals surface area contributed by atoms with Crippen molar-refractivity contribution in [2.24, 2.45) is 7.05 Å². The van der Waals surface area contributed by atoms with Gasteiger partial charge in [0, 0.05) is 42.0 Å². The van der Waals surface area contributed by atoms with Crippen LogP contribution in [0.5, 0.6) is 0 Å². The zero-order chi connectivity index (χ0) is 24.0. The lowest BCUT2D eigenvalue weighted by Crippen LogP contribution is -2.33. The molecule has 0 saturated heterocycles. The average Bonchev–Trinajstić information content (AvgIpc) is 2.87. The molecule has 34 heavy (non-hydrogen) atoms. The van der Waals surface area contributed by atoms with E-state index in [4.69, 9.17) is 10.5 Å². The number of rotatable bonds is 2. The number of hydrogen-bond donors (Lipinski definition) is 1. The smallest absolute Gasteiger partial charge is 0.212 e. The third kappa shape index (κ3) is 3.26. The Labute approximate surface area is 196 Å². The number of aryl methyl sites for hydroxylation is 1. The predicted octanol–water partition coefficient (Wildman–Crippen LogP) is 4.23. The lowest BCUT2D eigenvalue weighted by molar-refractivity contribution is -0.646.